The van der Waals surface area contributed by atoms with Gasteiger partial charge in [0.05, 0.1) is 18.1 Å². The number of halogens is 3. The molecule has 11 heteroatoms. The molecule has 2 rings (SSSR count). The molecule has 0 saturated carbocycles. The third-order valence-electron chi connectivity index (χ3n) is 3.09. The smallest absolute Gasteiger partial charge is 0.306 e. The van der Waals surface area contributed by atoms with E-state index in [1.807, 2.05) is 13.8 Å². The van der Waals surface area contributed by atoms with Gasteiger partial charge in [-0.1, -0.05) is 66.8 Å². The fraction of sp³-hybridized carbons (Fsp3) is 0.538. The standard InChI is InChI=1S/C13H16Cl3O6PS/c1-12(2)8-20-23(17,21-9-12)11(13(14,15)16)22-24(18,19)10-6-4-3-5-7-10/h3-7,11H,8-9H2,1-2H3/t11-/m0/s1. The molecule has 1 aliphatic rings. The zero-order valence-corrected chi connectivity index (χ0v) is 16.8. The van der Waals surface area contributed by atoms with Gasteiger partial charge >= 0.3 is 7.60 Å². The van der Waals surface area contributed by atoms with Gasteiger partial charge in [0, 0.05) is 5.41 Å². The van der Waals surface area contributed by atoms with Gasteiger partial charge < -0.3 is 9.05 Å². The van der Waals surface area contributed by atoms with E-state index in [2.05, 4.69) is 0 Å². The van der Waals surface area contributed by atoms with E-state index in [0.717, 1.165) is 0 Å². The molecule has 1 saturated heterocycles. The van der Waals surface area contributed by atoms with Gasteiger partial charge in [-0.2, -0.15) is 8.42 Å². The number of alkyl halides is 3. The van der Waals surface area contributed by atoms with Gasteiger partial charge in [0.2, 0.25) is 9.64 Å². The molecule has 0 bridgehead atoms. The lowest BCUT2D eigenvalue weighted by atomic mass is 9.97. The summed E-state index contributed by atoms with van der Waals surface area (Å²) in [6, 6.07) is 7.22. The van der Waals surface area contributed by atoms with Crippen molar-refractivity contribution in [2.75, 3.05) is 13.2 Å². The van der Waals surface area contributed by atoms with Gasteiger partial charge in [0.15, 0.2) is 0 Å². The molecular formula is C13H16Cl3O6PS. The number of rotatable bonds is 4. The minimum Gasteiger partial charge on any atom is -0.306 e. The second kappa shape index (κ2) is 7.05. The molecule has 0 aromatic heterocycles. The molecule has 1 heterocycles. The van der Waals surface area contributed by atoms with Crippen LogP contribution >= 0.6 is 42.4 Å². The predicted molar refractivity (Wildman–Crippen MR) is 92.1 cm³/mol. The van der Waals surface area contributed by atoms with Crippen molar-refractivity contribution in [2.24, 2.45) is 5.41 Å². The van der Waals surface area contributed by atoms with Crippen LogP contribution in [0.15, 0.2) is 35.2 Å². The van der Waals surface area contributed by atoms with Crippen molar-refractivity contribution in [3.8, 4) is 0 Å². The van der Waals surface area contributed by atoms with Crippen molar-refractivity contribution >= 4 is 52.5 Å². The second-order valence-electron chi connectivity index (χ2n) is 6.01. The lowest BCUT2D eigenvalue weighted by Crippen LogP contribution is -2.38. The molecule has 136 valence electrons. The number of benzene rings is 1. The van der Waals surface area contributed by atoms with E-state index in [4.69, 9.17) is 48.0 Å². The first-order valence-corrected chi connectivity index (χ1v) is 11.0. The predicted octanol–water partition coefficient (Wildman–Crippen LogP) is 4.35. The Hall–Kier alpha value is 0.150. The normalized spacial score (nSPS) is 22.0. The summed E-state index contributed by atoms with van der Waals surface area (Å²) in [7, 11) is -8.48. The van der Waals surface area contributed by atoms with Crippen molar-refractivity contribution < 1.29 is 26.2 Å². The summed E-state index contributed by atoms with van der Waals surface area (Å²) in [5.74, 6) is -1.93. The summed E-state index contributed by atoms with van der Waals surface area (Å²) in [5, 5.41) is 0. The highest BCUT2D eigenvalue weighted by Gasteiger charge is 2.55. The average molecular weight is 438 g/mol. The van der Waals surface area contributed by atoms with Crippen molar-refractivity contribution in [1.29, 1.82) is 0 Å². The molecule has 0 N–H and O–H groups in total. The van der Waals surface area contributed by atoms with Gasteiger partial charge in [0.1, 0.15) is 0 Å². The van der Waals surface area contributed by atoms with Crippen LogP contribution in [0.5, 0.6) is 0 Å². The Bertz CT molecular complexity index is 718. The van der Waals surface area contributed by atoms with Crippen LogP contribution < -0.4 is 0 Å². The quantitative estimate of drug-likeness (QED) is 0.396. The first-order valence-electron chi connectivity index (χ1n) is 6.80. The first kappa shape index (κ1) is 20.5. The zero-order chi connectivity index (χ0) is 18.2. The summed E-state index contributed by atoms with van der Waals surface area (Å²) in [6.45, 7) is 3.72. The minimum atomic E-state index is -4.34. The highest BCUT2D eigenvalue weighted by molar-refractivity contribution is 7.87. The fourth-order valence-electron chi connectivity index (χ4n) is 1.79. The van der Waals surface area contributed by atoms with E-state index in [0.29, 0.717) is 0 Å². The molecule has 0 amide bonds. The maximum atomic E-state index is 12.9. The van der Waals surface area contributed by atoms with Crippen LogP contribution in [0.4, 0.5) is 0 Å². The maximum absolute atomic E-state index is 12.9. The molecule has 6 nitrogen and oxygen atoms in total. The lowest BCUT2D eigenvalue weighted by Gasteiger charge is -2.38. The van der Waals surface area contributed by atoms with E-state index < -0.39 is 32.8 Å². The van der Waals surface area contributed by atoms with Crippen LogP contribution in [0.3, 0.4) is 0 Å². The second-order valence-corrected chi connectivity index (χ2v) is 12.0. The fourth-order valence-corrected chi connectivity index (χ4v) is 6.67. The Kier molecular flexibility index (Phi) is 6.01. The molecule has 1 aromatic carbocycles. The van der Waals surface area contributed by atoms with Crippen molar-refractivity contribution in [1.82, 2.24) is 0 Å². The van der Waals surface area contributed by atoms with E-state index in [1.165, 1.54) is 24.3 Å². The third-order valence-corrected chi connectivity index (χ3v) is 7.62. The molecule has 24 heavy (non-hydrogen) atoms. The Morgan fingerprint density at radius 1 is 1.17 bits per heavy atom. The topological polar surface area (TPSA) is 78.9 Å². The van der Waals surface area contributed by atoms with Crippen LogP contribution in [0.2, 0.25) is 0 Å². The summed E-state index contributed by atoms with van der Waals surface area (Å²) in [6.07, 6.45) is 0. The van der Waals surface area contributed by atoms with Crippen LogP contribution in [-0.2, 0) is 27.9 Å². The monoisotopic (exact) mass is 436 g/mol. The van der Waals surface area contributed by atoms with E-state index >= 15 is 0 Å². The van der Waals surface area contributed by atoms with Gasteiger partial charge in [-0.15, -0.1) is 0 Å². The highest BCUT2D eigenvalue weighted by Crippen LogP contribution is 2.63. The molecule has 1 aromatic rings. The highest BCUT2D eigenvalue weighted by atomic mass is 35.6. The van der Waals surface area contributed by atoms with Crippen molar-refractivity contribution in [3.05, 3.63) is 30.3 Å². The SMILES string of the molecule is CC1(C)COP(=O)([C@H](OS(=O)(=O)c2ccccc2)C(Cl)(Cl)Cl)OC1. The van der Waals surface area contributed by atoms with Gasteiger partial charge in [-0.3, -0.25) is 4.57 Å². The third kappa shape index (κ3) is 4.86. The summed E-state index contributed by atoms with van der Waals surface area (Å²) in [5.41, 5.74) is -0.412. The van der Waals surface area contributed by atoms with Gasteiger partial charge in [-0.05, 0) is 12.1 Å². The molecular weight excluding hydrogens is 422 g/mol. The maximum Gasteiger partial charge on any atom is 0.365 e. The van der Waals surface area contributed by atoms with Crippen LogP contribution in [0, 0.1) is 5.41 Å². The van der Waals surface area contributed by atoms with Crippen LogP contribution in [-0.4, -0.2) is 31.3 Å². The molecule has 0 radical (unpaired) electrons. The zero-order valence-electron chi connectivity index (χ0n) is 12.8. The Balaban J connectivity index is 2.33. The molecule has 1 aliphatic heterocycles. The number of hydrogen-bond acceptors (Lipinski definition) is 6. The average Bonchev–Trinajstić information content (AvgIpc) is 2.48. The summed E-state index contributed by atoms with van der Waals surface area (Å²) >= 11 is 17.4. The molecule has 1 atom stereocenters. The Labute approximate surface area is 156 Å². The summed E-state index contributed by atoms with van der Waals surface area (Å²) in [4.78, 5) is -0.173. The number of hydrogen-bond donors (Lipinski definition) is 0. The Morgan fingerprint density at radius 3 is 2.12 bits per heavy atom. The van der Waals surface area contributed by atoms with E-state index in [1.54, 1.807) is 6.07 Å². The molecule has 0 aliphatic carbocycles. The largest absolute Gasteiger partial charge is 0.365 e. The molecule has 1 fully saturated rings. The van der Waals surface area contributed by atoms with E-state index in [9.17, 15) is 13.0 Å². The Morgan fingerprint density at radius 2 is 1.67 bits per heavy atom. The first-order chi connectivity index (χ1) is 10.9. The van der Waals surface area contributed by atoms with E-state index in [-0.39, 0.29) is 18.1 Å². The van der Waals surface area contributed by atoms with Gasteiger partial charge in [0.25, 0.3) is 10.1 Å². The summed E-state index contributed by atoms with van der Waals surface area (Å²) < 4.78 is 50.7. The minimum absolute atomic E-state index is 0.0380. The molecule has 0 spiro atoms. The molecule has 0 unspecified atom stereocenters. The van der Waals surface area contributed by atoms with Gasteiger partial charge in [-0.25, -0.2) is 4.18 Å². The lowest BCUT2D eigenvalue weighted by molar-refractivity contribution is 0.0270. The van der Waals surface area contributed by atoms with Crippen LogP contribution in [0.25, 0.3) is 0 Å². The van der Waals surface area contributed by atoms with Crippen LogP contribution in [0.1, 0.15) is 13.8 Å². The van der Waals surface area contributed by atoms with Crippen molar-refractivity contribution in [2.45, 2.75) is 28.4 Å². The van der Waals surface area contributed by atoms with Crippen molar-refractivity contribution in [3.63, 3.8) is 0 Å².